The van der Waals surface area contributed by atoms with Gasteiger partial charge in [-0.2, -0.15) is 0 Å². The molecular weight excluding hydrogens is 342 g/mol. The molecule has 27 heavy (non-hydrogen) atoms. The van der Waals surface area contributed by atoms with Crippen LogP contribution in [0.1, 0.15) is 57.8 Å². The second kappa shape index (κ2) is 8.77. The van der Waals surface area contributed by atoms with Gasteiger partial charge < -0.3 is 15.7 Å². The average Bonchev–Trinajstić information content (AvgIpc) is 2.69. The molecule has 1 aromatic heterocycles. The average molecular weight is 367 g/mol. The zero-order valence-corrected chi connectivity index (χ0v) is 15.4. The third kappa shape index (κ3) is 5.14. The molecule has 142 valence electrons. The minimum atomic E-state index is -0.320. The minimum absolute atomic E-state index is 0.0510. The van der Waals surface area contributed by atoms with Gasteiger partial charge >= 0.3 is 0 Å². The molecule has 0 spiro atoms. The van der Waals surface area contributed by atoms with E-state index in [1.165, 1.54) is 6.07 Å². The molecule has 6 heteroatoms. The summed E-state index contributed by atoms with van der Waals surface area (Å²) in [5.41, 5.74) is 2.40. The number of hydrogen-bond donors (Lipinski definition) is 3. The number of aliphatic hydroxyl groups excluding tert-OH is 1. The molecule has 3 N–H and O–H groups in total. The molecular formula is C21H25N3O3. The fourth-order valence-electron chi connectivity index (χ4n) is 3.35. The largest absolute Gasteiger partial charge is 0.393 e. The Balaban J connectivity index is 1.81. The normalized spacial score (nSPS) is 19.3. The molecule has 0 radical (unpaired) electrons. The number of aliphatic hydroxyl groups is 1. The number of pyridine rings is 1. The first-order valence-corrected chi connectivity index (χ1v) is 9.31. The lowest BCUT2D eigenvalue weighted by atomic mass is 9.93. The molecule has 0 saturated heterocycles. The lowest BCUT2D eigenvalue weighted by Crippen LogP contribution is -2.38. The minimum Gasteiger partial charge on any atom is -0.393 e. The van der Waals surface area contributed by atoms with Gasteiger partial charge in [0.15, 0.2) is 0 Å². The first kappa shape index (κ1) is 19.0. The van der Waals surface area contributed by atoms with Gasteiger partial charge in [-0.25, -0.2) is 4.98 Å². The fraction of sp³-hybridized carbons (Fsp3) is 0.381. The Labute approximate surface area is 159 Å². The number of nitrogens with zero attached hydrogens (tertiary/aromatic N) is 1. The molecule has 1 saturated carbocycles. The molecule has 1 heterocycles. The van der Waals surface area contributed by atoms with Gasteiger partial charge in [0, 0.05) is 30.8 Å². The summed E-state index contributed by atoms with van der Waals surface area (Å²) in [4.78, 5) is 29.2. The SMILES string of the molecule is CNC(=O)c1cc(C(=O)N[C@H]2CC[C@H](O)CC2)cc(Cc2ccccc2)n1. The Kier molecular flexibility index (Phi) is 6.19. The van der Waals surface area contributed by atoms with Crippen LogP contribution in [-0.4, -0.2) is 41.1 Å². The van der Waals surface area contributed by atoms with Crippen molar-refractivity contribution in [3.63, 3.8) is 0 Å². The molecule has 2 aromatic rings. The van der Waals surface area contributed by atoms with Crippen molar-refractivity contribution in [2.45, 2.75) is 44.2 Å². The van der Waals surface area contributed by atoms with Gasteiger partial charge in [-0.1, -0.05) is 30.3 Å². The standard InChI is InChI=1S/C21H25N3O3/c1-22-21(27)19-13-15(20(26)24-16-7-9-18(25)10-8-16)12-17(23-19)11-14-5-3-2-4-6-14/h2-6,12-13,16,18,25H,7-11H2,1H3,(H,22,27)(H,24,26)/t16-,18-. The molecule has 3 rings (SSSR count). The van der Waals surface area contributed by atoms with Gasteiger partial charge in [0.2, 0.25) is 0 Å². The maximum atomic E-state index is 12.7. The third-order valence-corrected chi connectivity index (χ3v) is 4.86. The van der Waals surface area contributed by atoms with Crippen LogP contribution in [0.2, 0.25) is 0 Å². The summed E-state index contributed by atoms with van der Waals surface area (Å²) in [7, 11) is 1.54. The zero-order chi connectivity index (χ0) is 19.2. The summed E-state index contributed by atoms with van der Waals surface area (Å²) >= 11 is 0. The van der Waals surface area contributed by atoms with Crippen molar-refractivity contribution in [2.75, 3.05) is 7.05 Å². The Hall–Kier alpha value is -2.73. The number of benzene rings is 1. The van der Waals surface area contributed by atoms with Crippen molar-refractivity contribution >= 4 is 11.8 Å². The second-order valence-corrected chi connectivity index (χ2v) is 6.95. The number of carbonyl (C=O) groups excluding carboxylic acids is 2. The number of amides is 2. The summed E-state index contributed by atoms with van der Waals surface area (Å²) < 4.78 is 0. The van der Waals surface area contributed by atoms with E-state index in [0.717, 1.165) is 18.4 Å². The van der Waals surface area contributed by atoms with Gasteiger partial charge in [-0.05, 0) is 43.4 Å². The predicted molar refractivity (Wildman–Crippen MR) is 103 cm³/mol. The number of nitrogens with one attached hydrogen (secondary N) is 2. The molecule has 0 unspecified atom stereocenters. The van der Waals surface area contributed by atoms with Crippen molar-refractivity contribution < 1.29 is 14.7 Å². The lowest BCUT2D eigenvalue weighted by molar-refractivity contribution is 0.0867. The van der Waals surface area contributed by atoms with E-state index in [1.54, 1.807) is 13.1 Å². The summed E-state index contributed by atoms with van der Waals surface area (Å²) in [6.45, 7) is 0. The Morgan fingerprint density at radius 2 is 1.78 bits per heavy atom. The summed E-state index contributed by atoms with van der Waals surface area (Å²) in [5.74, 6) is -0.530. The molecule has 1 fully saturated rings. The smallest absolute Gasteiger partial charge is 0.269 e. The maximum Gasteiger partial charge on any atom is 0.269 e. The van der Waals surface area contributed by atoms with E-state index in [9.17, 15) is 14.7 Å². The van der Waals surface area contributed by atoms with Crippen LogP contribution in [0.15, 0.2) is 42.5 Å². The van der Waals surface area contributed by atoms with Crippen LogP contribution in [0, 0.1) is 0 Å². The number of carbonyl (C=O) groups is 2. The topological polar surface area (TPSA) is 91.3 Å². The number of rotatable bonds is 5. The molecule has 1 aromatic carbocycles. The molecule has 0 atom stereocenters. The van der Waals surface area contributed by atoms with Crippen LogP contribution in [0.3, 0.4) is 0 Å². The first-order chi connectivity index (χ1) is 13.0. The van der Waals surface area contributed by atoms with Crippen molar-refractivity contribution in [3.05, 3.63) is 65.0 Å². The van der Waals surface area contributed by atoms with E-state index in [1.807, 2.05) is 30.3 Å². The van der Waals surface area contributed by atoms with E-state index >= 15 is 0 Å². The van der Waals surface area contributed by atoms with Gasteiger partial charge in [0.1, 0.15) is 5.69 Å². The van der Waals surface area contributed by atoms with E-state index in [-0.39, 0.29) is 29.7 Å². The molecule has 2 amide bonds. The highest BCUT2D eigenvalue weighted by Gasteiger charge is 2.22. The summed E-state index contributed by atoms with van der Waals surface area (Å²) in [6.07, 6.45) is 3.20. The second-order valence-electron chi connectivity index (χ2n) is 6.95. The van der Waals surface area contributed by atoms with Crippen molar-refractivity contribution in [1.82, 2.24) is 15.6 Å². The summed E-state index contributed by atoms with van der Waals surface area (Å²) in [6, 6.07) is 13.1. The highest BCUT2D eigenvalue weighted by Crippen LogP contribution is 2.19. The lowest BCUT2D eigenvalue weighted by Gasteiger charge is -2.26. The zero-order valence-electron chi connectivity index (χ0n) is 15.4. The van der Waals surface area contributed by atoms with Gasteiger partial charge in [-0.15, -0.1) is 0 Å². The molecule has 6 nitrogen and oxygen atoms in total. The number of aromatic nitrogens is 1. The number of hydrogen-bond acceptors (Lipinski definition) is 4. The van der Waals surface area contributed by atoms with E-state index in [4.69, 9.17) is 0 Å². The molecule has 0 aliphatic heterocycles. The van der Waals surface area contributed by atoms with Crippen molar-refractivity contribution in [3.8, 4) is 0 Å². The van der Waals surface area contributed by atoms with Crippen molar-refractivity contribution in [2.24, 2.45) is 0 Å². The van der Waals surface area contributed by atoms with Crippen LogP contribution in [0.5, 0.6) is 0 Å². The predicted octanol–water partition coefficient (Wildman–Crippen LogP) is 2.07. The molecule has 1 aliphatic carbocycles. The van der Waals surface area contributed by atoms with Crippen molar-refractivity contribution in [1.29, 1.82) is 0 Å². The van der Waals surface area contributed by atoms with Crippen LogP contribution in [0.4, 0.5) is 0 Å². The maximum absolute atomic E-state index is 12.7. The van der Waals surface area contributed by atoms with Gasteiger partial charge in [0.05, 0.1) is 6.10 Å². The summed E-state index contributed by atoms with van der Waals surface area (Å²) in [5, 5.41) is 15.2. The van der Waals surface area contributed by atoms with Crippen LogP contribution in [-0.2, 0) is 6.42 Å². The van der Waals surface area contributed by atoms with Crippen LogP contribution in [0.25, 0.3) is 0 Å². The monoisotopic (exact) mass is 367 g/mol. The quantitative estimate of drug-likeness (QED) is 0.754. The van der Waals surface area contributed by atoms with Gasteiger partial charge in [0.25, 0.3) is 11.8 Å². The Morgan fingerprint density at radius 3 is 2.44 bits per heavy atom. The van der Waals surface area contributed by atoms with Crippen LogP contribution < -0.4 is 10.6 Å². The van der Waals surface area contributed by atoms with E-state index in [0.29, 0.717) is 30.5 Å². The fourth-order valence-corrected chi connectivity index (χ4v) is 3.35. The van der Waals surface area contributed by atoms with E-state index < -0.39 is 0 Å². The Morgan fingerprint density at radius 1 is 1.07 bits per heavy atom. The molecule has 1 aliphatic rings. The molecule has 0 bridgehead atoms. The van der Waals surface area contributed by atoms with Crippen LogP contribution >= 0.6 is 0 Å². The highest BCUT2D eigenvalue weighted by molar-refractivity contribution is 5.98. The highest BCUT2D eigenvalue weighted by atomic mass is 16.3. The Bertz CT molecular complexity index is 800. The first-order valence-electron chi connectivity index (χ1n) is 9.31. The van der Waals surface area contributed by atoms with Gasteiger partial charge in [-0.3, -0.25) is 9.59 Å². The third-order valence-electron chi connectivity index (χ3n) is 4.86. The van der Waals surface area contributed by atoms with E-state index in [2.05, 4.69) is 15.6 Å².